The number of hydrogen-bond donors (Lipinski definition) is 2. The second-order valence-corrected chi connectivity index (χ2v) is 2.27. The van der Waals surface area contributed by atoms with Crippen LogP contribution < -0.4 is 5.32 Å². The molecule has 2 heteroatoms. The number of unbranched alkanes of at least 4 members (excludes halogenated alkanes) is 1. The van der Waals surface area contributed by atoms with Gasteiger partial charge in [0.1, 0.15) is 0 Å². The maximum atomic E-state index is 3.94. The van der Waals surface area contributed by atoms with Gasteiger partial charge in [-0.3, -0.25) is 0 Å². The highest BCUT2D eigenvalue weighted by Gasteiger charge is 1.65. The standard InChI is InChI=1S/C4H10.C3H9NS/c1-3-4-2;1-4-2-3-5/h3-4H2,1-2H3;4-5H,2-3H2,1H3. The summed E-state index contributed by atoms with van der Waals surface area (Å²) < 4.78 is 0. The highest BCUT2D eigenvalue weighted by Crippen LogP contribution is 1.76. The van der Waals surface area contributed by atoms with Crippen molar-refractivity contribution in [2.24, 2.45) is 0 Å². The minimum Gasteiger partial charge on any atom is -0.319 e. The van der Waals surface area contributed by atoms with Crippen molar-refractivity contribution in [1.82, 2.24) is 5.32 Å². The van der Waals surface area contributed by atoms with E-state index in [1.54, 1.807) is 0 Å². The average molecular weight is 149 g/mol. The molecule has 1 N–H and O–H groups in total. The van der Waals surface area contributed by atoms with Crippen LogP contribution in [0.5, 0.6) is 0 Å². The fraction of sp³-hybridized carbons (Fsp3) is 1.00. The number of nitrogens with one attached hydrogen (secondary N) is 1. The Labute approximate surface area is 64.6 Å². The van der Waals surface area contributed by atoms with E-state index in [1.807, 2.05) is 7.05 Å². The van der Waals surface area contributed by atoms with E-state index < -0.39 is 0 Å². The van der Waals surface area contributed by atoms with Gasteiger partial charge >= 0.3 is 0 Å². The van der Waals surface area contributed by atoms with E-state index >= 15 is 0 Å². The molecule has 0 saturated heterocycles. The second-order valence-electron chi connectivity index (χ2n) is 1.83. The van der Waals surface area contributed by atoms with E-state index in [2.05, 4.69) is 31.8 Å². The minimum atomic E-state index is 0.927. The maximum Gasteiger partial charge on any atom is 0.00367 e. The van der Waals surface area contributed by atoms with Crippen LogP contribution >= 0.6 is 12.6 Å². The molecule has 58 valence electrons. The van der Waals surface area contributed by atoms with Crippen LogP contribution in [-0.4, -0.2) is 19.3 Å². The molecule has 0 fully saturated rings. The molecule has 0 amide bonds. The Bertz CT molecular complexity index is 28.1. The van der Waals surface area contributed by atoms with E-state index in [9.17, 15) is 0 Å². The lowest BCUT2D eigenvalue weighted by Crippen LogP contribution is -2.07. The fourth-order valence-electron chi connectivity index (χ4n) is 0.112. The number of thiol groups is 1. The van der Waals surface area contributed by atoms with Crippen molar-refractivity contribution in [3.63, 3.8) is 0 Å². The summed E-state index contributed by atoms with van der Waals surface area (Å²) in [6.45, 7) is 5.36. The molecule has 0 aromatic rings. The van der Waals surface area contributed by atoms with E-state index in [0.717, 1.165) is 12.3 Å². The molecule has 9 heavy (non-hydrogen) atoms. The first kappa shape index (κ1) is 12.0. The summed E-state index contributed by atoms with van der Waals surface area (Å²) in [6.07, 6.45) is 2.64. The summed E-state index contributed by atoms with van der Waals surface area (Å²) in [5.41, 5.74) is 0. The molecule has 0 rings (SSSR count). The zero-order valence-corrected chi connectivity index (χ0v) is 7.67. The van der Waals surface area contributed by atoms with E-state index in [-0.39, 0.29) is 0 Å². The van der Waals surface area contributed by atoms with Crippen LogP contribution in [0.2, 0.25) is 0 Å². The molecule has 0 aliphatic heterocycles. The van der Waals surface area contributed by atoms with Gasteiger partial charge in [-0.1, -0.05) is 26.7 Å². The van der Waals surface area contributed by atoms with Gasteiger partial charge in [-0.25, -0.2) is 0 Å². The Morgan fingerprint density at radius 2 is 1.67 bits per heavy atom. The smallest absolute Gasteiger partial charge is 0.00367 e. The second kappa shape index (κ2) is 15.7. The minimum absolute atomic E-state index is 0.927. The van der Waals surface area contributed by atoms with Gasteiger partial charge in [0.2, 0.25) is 0 Å². The topological polar surface area (TPSA) is 12.0 Å². The van der Waals surface area contributed by atoms with Crippen molar-refractivity contribution in [1.29, 1.82) is 0 Å². The highest BCUT2D eigenvalue weighted by molar-refractivity contribution is 7.80. The van der Waals surface area contributed by atoms with Gasteiger partial charge in [-0.2, -0.15) is 12.6 Å². The Kier molecular flexibility index (Phi) is 21.1. The molecular weight excluding hydrogens is 130 g/mol. The summed E-state index contributed by atoms with van der Waals surface area (Å²) in [6, 6.07) is 0. The van der Waals surface area contributed by atoms with Crippen LogP contribution in [0.4, 0.5) is 0 Å². The van der Waals surface area contributed by atoms with E-state index in [4.69, 9.17) is 0 Å². The molecule has 0 aliphatic carbocycles. The van der Waals surface area contributed by atoms with Crippen LogP contribution in [0.1, 0.15) is 26.7 Å². The summed E-state index contributed by atoms with van der Waals surface area (Å²) in [5.74, 6) is 0.927. The van der Waals surface area contributed by atoms with Gasteiger partial charge in [0, 0.05) is 12.3 Å². The molecule has 0 atom stereocenters. The number of hydrogen-bond acceptors (Lipinski definition) is 2. The molecule has 1 nitrogen and oxygen atoms in total. The summed E-state index contributed by atoms with van der Waals surface area (Å²) in [4.78, 5) is 0. The van der Waals surface area contributed by atoms with E-state index in [1.165, 1.54) is 12.8 Å². The first-order valence-corrected chi connectivity index (χ1v) is 4.22. The van der Waals surface area contributed by atoms with Gasteiger partial charge in [0.25, 0.3) is 0 Å². The largest absolute Gasteiger partial charge is 0.319 e. The molecule has 0 radical (unpaired) electrons. The predicted molar refractivity (Wildman–Crippen MR) is 48.4 cm³/mol. The van der Waals surface area contributed by atoms with E-state index in [0.29, 0.717) is 0 Å². The lowest BCUT2D eigenvalue weighted by Gasteiger charge is -1.84. The van der Waals surface area contributed by atoms with Crippen LogP contribution in [0.3, 0.4) is 0 Å². The van der Waals surface area contributed by atoms with Crippen LogP contribution in [0.15, 0.2) is 0 Å². The van der Waals surface area contributed by atoms with Crippen molar-refractivity contribution in [3.8, 4) is 0 Å². The fourth-order valence-corrected chi connectivity index (χ4v) is 0.335. The summed E-state index contributed by atoms with van der Waals surface area (Å²) in [5, 5.41) is 2.94. The van der Waals surface area contributed by atoms with Crippen LogP contribution in [0.25, 0.3) is 0 Å². The van der Waals surface area contributed by atoms with Gasteiger partial charge in [-0.05, 0) is 7.05 Å². The predicted octanol–water partition coefficient (Wildman–Crippen LogP) is 1.94. The van der Waals surface area contributed by atoms with Crippen LogP contribution in [0, 0.1) is 0 Å². The molecule has 0 aromatic carbocycles. The first-order valence-electron chi connectivity index (χ1n) is 3.58. The molecular formula is C7H19NS. The maximum absolute atomic E-state index is 3.94. The molecule has 0 heterocycles. The molecule has 0 aromatic heterocycles. The van der Waals surface area contributed by atoms with Crippen molar-refractivity contribution in [2.75, 3.05) is 19.3 Å². The third kappa shape index (κ3) is 30.2. The Balaban J connectivity index is 0. The van der Waals surface area contributed by atoms with Crippen LogP contribution in [-0.2, 0) is 0 Å². The monoisotopic (exact) mass is 149 g/mol. The molecule has 0 aliphatic rings. The molecule has 0 bridgehead atoms. The lowest BCUT2D eigenvalue weighted by atomic mass is 10.4. The van der Waals surface area contributed by atoms with Crippen molar-refractivity contribution < 1.29 is 0 Å². The lowest BCUT2D eigenvalue weighted by molar-refractivity contribution is 0.874. The van der Waals surface area contributed by atoms with Gasteiger partial charge in [0.05, 0.1) is 0 Å². The number of rotatable bonds is 3. The van der Waals surface area contributed by atoms with Crippen molar-refractivity contribution in [3.05, 3.63) is 0 Å². The summed E-state index contributed by atoms with van der Waals surface area (Å²) in [7, 11) is 1.91. The van der Waals surface area contributed by atoms with Crippen molar-refractivity contribution in [2.45, 2.75) is 26.7 Å². The average Bonchev–Trinajstić information content (AvgIpc) is 1.91. The Morgan fingerprint density at radius 3 is 1.67 bits per heavy atom. The highest BCUT2D eigenvalue weighted by atomic mass is 32.1. The molecule has 0 spiro atoms. The normalized spacial score (nSPS) is 8.00. The third-order valence-electron chi connectivity index (χ3n) is 0.862. The SMILES string of the molecule is CCCC.CNCCS. The molecule has 0 saturated carbocycles. The Hall–Kier alpha value is 0.310. The third-order valence-corrected chi connectivity index (χ3v) is 1.09. The zero-order valence-electron chi connectivity index (χ0n) is 6.78. The van der Waals surface area contributed by atoms with Gasteiger partial charge in [-0.15, -0.1) is 0 Å². The Morgan fingerprint density at radius 1 is 1.22 bits per heavy atom. The zero-order chi connectivity index (χ0) is 7.54. The summed E-state index contributed by atoms with van der Waals surface area (Å²) >= 11 is 3.94. The quantitative estimate of drug-likeness (QED) is 0.584. The van der Waals surface area contributed by atoms with Gasteiger partial charge in [0.15, 0.2) is 0 Å². The molecule has 0 unspecified atom stereocenters. The van der Waals surface area contributed by atoms with Crippen molar-refractivity contribution >= 4 is 12.6 Å². The first-order chi connectivity index (χ1) is 4.33. The van der Waals surface area contributed by atoms with Gasteiger partial charge < -0.3 is 5.32 Å².